The van der Waals surface area contributed by atoms with Crippen LogP contribution in [0.15, 0.2) is 0 Å². The minimum atomic E-state index is -4.45. The summed E-state index contributed by atoms with van der Waals surface area (Å²) < 4.78 is 26.5. The molecule has 114 valence electrons. The van der Waals surface area contributed by atoms with Gasteiger partial charge in [-0.3, -0.25) is 40.5 Å². The number of alkyl halides is 2. The number of nitrogens with zero attached hydrogens (tertiary/aromatic N) is 4. The summed E-state index contributed by atoms with van der Waals surface area (Å²) in [6.07, 6.45) is -6.71. The maximum absolute atomic E-state index is 13.2. The van der Waals surface area contributed by atoms with Crippen LogP contribution in [0.1, 0.15) is 12.8 Å². The van der Waals surface area contributed by atoms with Gasteiger partial charge in [0.05, 0.1) is 6.10 Å². The number of hydrogen-bond donors (Lipinski definition) is 1. The molecule has 20 heavy (non-hydrogen) atoms. The Morgan fingerprint density at radius 2 is 1.00 bits per heavy atom. The van der Waals surface area contributed by atoms with Gasteiger partial charge in [0.25, 0.3) is 0 Å². The molecule has 0 spiro atoms. The first-order valence-corrected chi connectivity index (χ1v) is 4.51. The molecule has 0 unspecified atom stereocenters. The van der Waals surface area contributed by atoms with Crippen LogP contribution in [0.4, 0.5) is 8.78 Å². The number of hydrogen-bond acceptors (Lipinski definition) is 9. The van der Waals surface area contributed by atoms with Crippen molar-refractivity contribution >= 4 is 0 Å². The SMILES string of the molecule is O=[N+]([O-])C(F)(CC(O)CC(F)([N+](=O)[O-])[N+](=O)[O-])[N+](=O)[O-]. The average Bonchev–Trinajstić information content (AvgIpc) is 2.27. The molecule has 0 aromatic rings. The van der Waals surface area contributed by atoms with Crippen molar-refractivity contribution in [2.24, 2.45) is 0 Å². The number of halogens is 2. The molecule has 0 bridgehead atoms. The molecule has 0 heterocycles. The molecule has 0 rings (SSSR count). The van der Waals surface area contributed by atoms with Crippen molar-refractivity contribution in [3.05, 3.63) is 40.5 Å². The Labute approximate surface area is 106 Å². The van der Waals surface area contributed by atoms with E-state index in [1.165, 1.54) is 0 Å². The summed E-state index contributed by atoms with van der Waals surface area (Å²) in [7, 11) is 0. The first-order chi connectivity index (χ1) is 8.87. The molecule has 0 amide bonds. The van der Waals surface area contributed by atoms with E-state index >= 15 is 0 Å². The zero-order chi connectivity index (χ0) is 16.3. The van der Waals surface area contributed by atoms with Crippen LogP contribution in [0.25, 0.3) is 0 Å². The second-order valence-electron chi connectivity index (χ2n) is 3.53. The molecule has 13 nitrogen and oxygen atoms in total. The summed E-state index contributed by atoms with van der Waals surface area (Å²) in [5.41, 5.74) is 0. The third kappa shape index (κ3) is 3.25. The van der Waals surface area contributed by atoms with Gasteiger partial charge in [0, 0.05) is 0 Å². The number of aliphatic hydroxyl groups is 1. The highest BCUT2D eigenvalue weighted by Gasteiger charge is 2.64. The summed E-state index contributed by atoms with van der Waals surface area (Å²) in [4.78, 5) is 32.3. The fourth-order valence-electron chi connectivity index (χ4n) is 1.10. The zero-order valence-corrected chi connectivity index (χ0v) is 9.25. The van der Waals surface area contributed by atoms with Crippen LogP contribution in [-0.4, -0.2) is 42.7 Å². The molecule has 0 fully saturated rings. The highest BCUT2D eigenvalue weighted by molar-refractivity contribution is 4.67. The van der Waals surface area contributed by atoms with Crippen molar-refractivity contribution in [1.82, 2.24) is 0 Å². The molecule has 0 radical (unpaired) electrons. The predicted octanol–water partition coefficient (Wildman–Crippen LogP) is -0.519. The third-order valence-corrected chi connectivity index (χ3v) is 2.11. The van der Waals surface area contributed by atoms with Crippen molar-refractivity contribution in [2.45, 2.75) is 30.8 Å². The Morgan fingerprint density at radius 3 is 1.15 bits per heavy atom. The molecule has 0 aromatic heterocycles. The van der Waals surface area contributed by atoms with Crippen LogP contribution in [0, 0.1) is 40.5 Å². The van der Waals surface area contributed by atoms with Crippen LogP contribution in [0.2, 0.25) is 0 Å². The minimum absolute atomic E-state index is 2.00. The fourth-order valence-corrected chi connectivity index (χ4v) is 1.10. The van der Waals surface area contributed by atoms with Crippen LogP contribution in [-0.2, 0) is 0 Å². The smallest absolute Gasteiger partial charge is 0.392 e. The molecule has 0 aliphatic heterocycles. The molecule has 0 atom stereocenters. The lowest BCUT2D eigenvalue weighted by Gasteiger charge is -2.14. The highest BCUT2D eigenvalue weighted by Crippen LogP contribution is 2.27. The summed E-state index contributed by atoms with van der Waals surface area (Å²) in [5, 5.41) is 49.6. The zero-order valence-electron chi connectivity index (χ0n) is 9.25. The Kier molecular flexibility index (Phi) is 4.87. The number of aliphatic hydroxyl groups excluding tert-OH is 1. The molecule has 0 aliphatic carbocycles. The van der Waals surface area contributed by atoms with E-state index in [1.807, 2.05) is 0 Å². The van der Waals surface area contributed by atoms with Gasteiger partial charge in [-0.15, -0.1) is 0 Å². The molecule has 0 aliphatic rings. The number of rotatable bonds is 8. The summed E-state index contributed by atoms with van der Waals surface area (Å²) >= 11 is 0. The van der Waals surface area contributed by atoms with Crippen LogP contribution in [0.3, 0.4) is 0 Å². The van der Waals surface area contributed by atoms with Crippen molar-refractivity contribution < 1.29 is 33.6 Å². The lowest BCUT2D eigenvalue weighted by molar-refractivity contribution is -0.839. The minimum Gasteiger partial charge on any atom is -0.392 e. The fraction of sp³-hybridized carbons (Fsp3) is 1.00. The first-order valence-electron chi connectivity index (χ1n) is 4.51. The van der Waals surface area contributed by atoms with Gasteiger partial charge in [0.15, 0.2) is 12.8 Å². The van der Waals surface area contributed by atoms with E-state index in [-0.39, 0.29) is 0 Å². The molecule has 0 saturated heterocycles. The topological polar surface area (TPSA) is 193 Å². The maximum Gasteiger partial charge on any atom is 0.616 e. The van der Waals surface area contributed by atoms with Crippen LogP contribution < -0.4 is 0 Å². The Balaban J connectivity index is 5.16. The van der Waals surface area contributed by atoms with Crippen LogP contribution in [0.5, 0.6) is 0 Å². The standard InChI is InChI=1S/C5H6F2N4O9/c6-4(8(13)14,9(15)16)1-3(12)2-5(7,10(17)18)11(19)20/h3,12H,1-2H2. The van der Waals surface area contributed by atoms with Crippen molar-refractivity contribution in [2.75, 3.05) is 0 Å². The molecule has 15 heteroatoms. The van der Waals surface area contributed by atoms with E-state index < -0.39 is 50.5 Å². The second-order valence-corrected chi connectivity index (χ2v) is 3.53. The number of nitro groups is 4. The van der Waals surface area contributed by atoms with E-state index in [4.69, 9.17) is 5.11 Å². The van der Waals surface area contributed by atoms with E-state index in [9.17, 15) is 49.2 Å². The van der Waals surface area contributed by atoms with Gasteiger partial charge in [-0.25, -0.2) is 0 Å². The second kappa shape index (κ2) is 5.59. The normalized spacial score (nSPS) is 12.2. The van der Waals surface area contributed by atoms with Crippen molar-refractivity contribution in [3.8, 4) is 0 Å². The van der Waals surface area contributed by atoms with Gasteiger partial charge in [-0.05, 0) is 0 Å². The molecule has 0 saturated carbocycles. The van der Waals surface area contributed by atoms with Crippen LogP contribution >= 0.6 is 0 Å². The Hall–Kier alpha value is -2.58. The lowest BCUT2D eigenvalue weighted by Crippen LogP contribution is -2.49. The van der Waals surface area contributed by atoms with Crippen molar-refractivity contribution in [1.29, 1.82) is 0 Å². The lowest BCUT2D eigenvalue weighted by atomic mass is 10.1. The molecule has 0 aromatic carbocycles. The average molecular weight is 304 g/mol. The largest absolute Gasteiger partial charge is 0.616 e. The Bertz CT molecular complexity index is 388. The monoisotopic (exact) mass is 304 g/mol. The van der Waals surface area contributed by atoms with Gasteiger partial charge in [-0.2, -0.15) is 0 Å². The first kappa shape index (κ1) is 17.4. The Morgan fingerprint density at radius 1 is 0.800 bits per heavy atom. The van der Waals surface area contributed by atoms with E-state index in [0.29, 0.717) is 0 Å². The van der Waals surface area contributed by atoms with E-state index in [0.717, 1.165) is 0 Å². The summed E-state index contributed by atoms with van der Waals surface area (Å²) in [6.45, 7) is 0. The molecular weight excluding hydrogens is 298 g/mol. The summed E-state index contributed by atoms with van der Waals surface area (Å²) in [5.74, 6) is -8.90. The quantitative estimate of drug-likeness (QED) is 0.265. The van der Waals surface area contributed by atoms with Gasteiger partial charge >= 0.3 is 11.8 Å². The van der Waals surface area contributed by atoms with Crippen molar-refractivity contribution in [3.63, 3.8) is 0 Å². The predicted molar refractivity (Wildman–Crippen MR) is 50.9 cm³/mol. The summed E-state index contributed by atoms with van der Waals surface area (Å²) in [6, 6.07) is 0. The third-order valence-electron chi connectivity index (χ3n) is 2.11. The highest BCUT2D eigenvalue weighted by atomic mass is 19.2. The van der Waals surface area contributed by atoms with E-state index in [1.54, 1.807) is 0 Å². The van der Waals surface area contributed by atoms with Gasteiger partial charge < -0.3 is 5.11 Å². The van der Waals surface area contributed by atoms with Gasteiger partial charge in [-0.1, -0.05) is 8.78 Å². The maximum atomic E-state index is 13.2. The van der Waals surface area contributed by atoms with Gasteiger partial charge in [0.2, 0.25) is 0 Å². The molecular formula is C5H6F2N4O9. The molecule has 1 N–H and O–H groups in total. The van der Waals surface area contributed by atoms with E-state index in [2.05, 4.69) is 0 Å². The van der Waals surface area contributed by atoms with Gasteiger partial charge in [0.1, 0.15) is 19.7 Å².